The molecule has 2 heterocycles. The van der Waals surface area contributed by atoms with Gasteiger partial charge in [0.25, 0.3) is 0 Å². The highest BCUT2D eigenvalue weighted by Gasteiger charge is 2.12. The smallest absolute Gasteiger partial charge is 0.171 e. The molecule has 0 radical (unpaired) electrons. The Morgan fingerprint density at radius 3 is 2.50 bits per heavy atom. The van der Waals surface area contributed by atoms with Crippen molar-refractivity contribution in [1.82, 2.24) is 30.0 Å². The lowest BCUT2D eigenvalue weighted by Gasteiger charge is -2.32. The molecule has 0 aromatic carbocycles. The van der Waals surface area contributed by atoms with Gasteiger partial charge in [-0.05, 0) is 25.6 Å². The number of aromatic nitrogens is 4. The van der Waals surface area contributed by atoms with Gasteiger partial charge in [-0.15, -0.1) is 10.2 Å². The van der Waals surface area contributed by atoms with Crippen LogP contribution in [0.1, 0.15) is 12.2 Å². The molecule has 0 atom stereocenters. The summed E-state index contributed by atoms with van der Waals surface area (Å²) in [5, 5.41) is 12.0. The van der Waals surface area contributed by atoms with Crippen LogP contribution in [0.25, 0.3) is 0 Å². The summed E-state index contributed by atoms with van der Waals surface area (Å²) in [7, 11) is 2.18. The number of hydrogen-bond acceptors (Lipinski definition) is 5. The summed E-state index contributed by atoms with van der Waals surface area (Å²) in [6.07, 6.45) is 1.10. The van der Waals surface area contributed by atoms with Gasteiger partial charge in [0, 0.05) is 32.7 Å². The van der Waals surface area contributed by atoms with E-state index >= 15 is 0 Å². The van der Waals surface area contributed by atoms with Gasteiger partial charge in [0.15, 0.2) is 5.82 Å². The van der Waals surface area contributed by atoms with Crippen LogP contribution in [0.5, 0.6) is 0 Å². The van der Waals surface area contributed by atoms with Gasteiger partial charge in [0.05, 0.1) is 6.54 Å². The number of rotatable bonds is 4. The molecule has 1 aromatic rings. The van der Waals surface area contributed by atoms with Gasteiger partial charge in [0.2, 0.25) is 0 Å². The average Bonchev–Trinajstić information content (AvgIpc) is 2.67. The molecule has 1 aliphatic heterocycles. The van der Waals surface area contributed by atoms with E-state index in [1.807, 2.05) is 6.92 Å². The zero-order chi connectivity index (χ0) is 11.4. The Morgan fingerprint density at radius 2 is 1.88 bits per heavy atom. The maximum absolute atomic E-state index is 4.17. The minimum atomic E-state index is 0.750. The second kappa shape index (κ2) is 5.36. The van der Waals surface area contributed by atoms with Gasteiger partial charge in [0.1, 0.15) is 0 Å². The summed E-state index contributed by atoms with van der Waals surface area (Å²) in [6, 6.07) is 0. The third-order valence-electron chi connectivity index (χ3n) is 2.98. The zero-order valence-electron chi connectivity index (χ0n) is 10.1. The lowest BCUT2D eigenvalue weighted by molar-refractivity contribution is 0.150. The van der Waals surface area contributed by atoms with Crippen molar-refractivity contribution in [2.45, 2.75) is 19.9 Å². The van der Waals surface area contributed by atoms with E-state index in [1.54, 1.807) is 4.80 Å². The van der Waals surface area contributed by atoms with Gasteiger partial charge in [-0.3, -0.25) is 0 Å². The van der Waals surface area contributed by atoms with Crippen LogP contribution in [0.3, 0.4) is 0 Å². The summed E-state index contributed by atoms with van der Waals surface area (Å²) < 4.78 is 0. The van der Waals surface area contributed by atoms with Gasteiger partial charge in [-0.2, -0.15) is 4.80 Å². The quantitative estimate of drug-likeness (QED) is 0.698. The molecule has 0 aliphatic carbocycles. The molecule has 16 heavy (non-hydrogen) atoms. The van der Waals surface area contributed by atoms with Gasteiger partial charge in [-0.1, -0.05) is 0 Å². The first-order valence-corrected chi connectivity index (χ1v) is 5.89. The van der Waals surface area contributed by atoms with E-state index in [1.165, 1.54) is 26.2 Å². The fraction of sp³-hybridized carbons (Fsp3) is 0.900. The number of likely N-dealkylation sites (N-methyl/N-ethyl adjacent to an activating group) is 1. The number of piperazine rings is 1. The Hall–Kier alpha value is -1.01. The molecule has 1 aliphatic rings. The zero-order valence-corrected chi connectivity index (χ0v) is 10.1. The van der Waals surface area contributed by atoms with Crippen molar-refractivity contribution in [2.24, 2.45) is 0 Å². The van der Waals surface area contributed by atoms with E-state index < -0.39 is 0 Å². The van der Waals surface area contributed by atoms with E-state index in [4.69, 9.17) is 0 Å². The molecule has 2 rings (SSSR count). The lowest BCUT2D eigenvalue weighted by atomic mass is 10.3. The Balaban J connectivity index is 1.64. The largest absolute Gasteiger partial charge is 0.304 e. The summed E-state index contributed by atoms with van der Waals surface area (Å²) in [5.74, 6) is 0.750. The first kappa shape index (κ1) is 11.5. The Kier molecular flexibility index (Phi) is 3.84. The van der Waals surface area contributed by atoms with E-state index in [0.717, 1.165) is 25.3 Å². The predicted molar refractivity (Wildman–Crippen MR) is 61.1 cm³/mol. The topological polar surface area (TPSA) is 50.1 Å². The van der Waals surface area contributed by atoms with Crippen LogP contribution >= 0.6 is 0 Å². The summed E-state index contributed by atoms with van der Waals surface area (Å²) in [5.41, 5.74) is 0. The van der Waals surface area contributed by atoms with Crippen molar-refractivity contribution in [1.29, 1.82) is 0 Å². The SMILES string of the molecule is Cc1nnn(CCCN2CCN(C)CC2)n1. The summed E-state index contributed by atoms with van der Waals surface area (Å²) >= 11 is 0. The van der Waals surface area contributed by atoms with E-state index in [9.17, 15) is 0 Å². The molecule has 6 heteroatoms. The number of hydrogen-bond donors (Lipinski definition) is 0. The molecular weight excluding hydrogens is 204 g/mol. The Labute approximate surface area is 96.2 Å². The minimum Gasteiger partial charge on any atom is -0.304 e. The number of nitrogens with zero attached hydrogens (tertiary/aromatic N) is 6. The van der Waals surface area contributed by atoms with Crippen molar-refractivity contribution in [2.75, 3.05) is 39.8 Å². The molecule has 0 unspecified atom stereocenters. The van der Waals surface area contributed by atoms with Crippen molar-refractivity contribution in [3.8, 4) is 0 Å². The van der Waals surface area contributed by atoms with Crippen LogP contribution < -0.4 is 0 Å². The highest BCUT2D eigenvalue weighted by atomic mass is 15.6. The van der Waals surface area contributed by atoms with Gasteiger partial charge >= 0.3 is 0 Å². The Morgan fingerprint density at radius 1 is 1.12 bits per heavy atom. The van der Waals surface area contributed by atoms with Crippen molar-refractivity contribution >= 4 is 0 Å². The molecule has 0 spiro atoms. The molecule has 0 N–H and O–H groups in total. The highest BCUT2D eigenvalue weighted by molar-refractivity contribution is 4.69. The van der Waals surface area contributed by atoms with Crippen LogP contribution in [-0.4, -0.2) is 69.8 Å². The first-order chi connectivity index (χ1) is 7.74. The standard InChI is InChI=1S/C10H20N6/c1-10-11-13-16(12-10)5-3-4-15-8-6-14(2)7-9-15/h3-9H2,1-2H3. The van der Waals surface area contributed by atoms with Crippen LogP contribution in [0.4, 0.5) is 0 Å². The first-order valence-electron chi connectivity index (χ1n) is 5.89. The third kappa shape index (κ3) is 3.24. The van der Waals surface area contributed by atoms with Gasteiger partial charge < -0.3 is 9.80 Å². The average molecular weight is 224 g/mol. The maximum Gasteiger partial charge on any atom is 0.171 e. The van der Waals surface area contributed by atoms with Crippen LogP contribution in [0.2, 0.25) is 0 Å². The molecular formula is C10H20N6. The minimum absolute atomic E-state index is 0.750. The monoisotopic (exact) mass is 224 g/mol. The van der Waals surface area contributed by atoms with Crippen molar-refractivity contribution in [3.05, 3.63) is 5.82 Å². The van der Waals surface area contributed by atoms with Crippen LogP contribution in [-0.2, 0) is 6.54 Å². The third-order valence-corrected chi connectivity index (χ3v) is 2.98. The molecule has 1 fully saturated rings. The fourth-order valence-electron chi connectivity index (χ4n) is 1.93. The normalized spacial score (nSPS) is 19.1. The second-order valence-corrected chi connectivity index (χ2v) is 4.43. The van der Waals surface area contributed by atoms with Crippen molar-refractivity contribution < 1.29 is 0 Å². The fourth-order valence-corrected chi connectivity index (χ4v) is 1.93. The molecule has 90 valence electrons. The van der Waals surface area contributed by atoms with Gasteiger partial charge in [-0.25, -0.2) is 0 Å². The lowest BCUT2D eigenvalue weighted by Crippen LogP contribution is -2.44. The Bertz CT molecular complexity index is 315. The molecule has 0 saturated carbocycles. The van der Waals surface area contributed by atoms with Crippen LogP contribution in [0.15, 0.2) is 0 Å². The summed E-state index contributed by atoms with van der Waals surface area (Å²) in [6.45, 7) is 8.59. The predicted octanol–water partition coefficient (Wildman–Crippen LogP) is -0.381. The molecule has 1 aromatic heterocycles. The molecule has 1 saturated heterocycles. The maximum atomic E-state index is 4.17. The second-order valence-electron chi connectivity index (χ2n) is 4.43. The van der Waals surface area contributed by atoms with E-state index in [0.29, 0.717) is 0 Å². The van der Waals surface area contributed by atoms with Crippen LogP contribution in [0, 0.1) is 6.92 Å². The van der Waals surface area contributed by atoms with E-state index in [2.05, 4.69) is 32.3 Å². The molecule has 0 amide bonds. The van der Waals surface area contributed by atoms with Crippen molar-refractivity contribution in [3.63, 3.8) is 0 Å². The highest BCUT2D eigenvalue weighted by Crippen LogP contribution is 2.00. The number of aryl methyl sites for hydroxylation is 2. The number of tetrazole rings is 1. The van der Waals surface area contributed by atoms with E-state index in [-0.39, 0.29) is 0 Å². The molecule has 6 nitrogen and oxygen atoms in total. The molecule has 0 bridgehead atoms. The summed E-state index contributed by atoms with van der Waals surface area (Å²) in [4.78, 5) is 6.56.